The Kier molecular flexibility index (Phi) is 4.20. The van der Waals surface area contributed by atoms with Crippen molar-refractivity contribution in [2.45, 2.75) is 5.41 Å². The molecule has 0 bridgehead atoms. The monoisotopic (exact) mass is 514 g/mol. The highest BCUT2D eigenvalue weighted by Gasteiger charge is 2.50. The lowest BCUT2D eigenvalue weighted by atomic mass is 9.66. The number of hydrogen-bond acceptors (Lipinski definition) is 2. The fourth-order valence-electron chi connectivity index (χ4n) is 7.00. The Morgan fingerprint density at radius 1 is 0.462 bits per heavy atom. The number of ether oxygens (including phenoxy) is 1. The molecule has 2 heteroatoms. The van der Waals surface area contributed by atoms with E-state index in [4.69, 9.17) is 4.74 Å². The lowest BCUT2D eigenvalue weighted by Crippen LogP contribution is -2.32. The lowest BCUT2D eigenvalue weighted by Gasteiger charge is -2.39. The zero-order valence-electron chi connectivity index (χ0n) is 21.0. The standard InChI is InChI=1S/C37H22OS/c1-4-15-29-25(10-1)26-11-2-5-16-30(26)37(29)31-17-6-7-18-33(31)38-34-22-23(20-21-32(34)37)24-13-9-14-28-27-12-3-8-19-35(27)39-36(24)28/h1-22H. The smallest absolute Gasteiger partial charge is 0.132 e. The number of benzene rings is 6. The van der Waals surface area contributed by atoms with E-state index in [1.165, 1.54) is 64.7 Å². The lowest BCUT2D eigenvalue weighted by molar-refractivity contribution is 0.436. The quantitative estimate of drug-likeness (QED) is 0.212. The van der Waals surface area contributed by atoms with E-state index in [9.17, 15) is 0 Å². The summed E-state index contributed by atoms with van der Waals surface area (Å²) in [6, 6.07) is 48.5. The molecule has 2 heterocycles. The zero-order chi connectivity index (χ0) is 25.6. The topological polar surface area (TPSA) is 9.23 Å². The second kappa shape index (κ2) is 7.69. The molecule has 0 atom stereocenters. The second-order valence-corrected chi connectivity index (χ2v) is 11.5. The Morgan fingerprint density at radius 2 is 1.08 bits per heavy atom. The van der Waals surface area contributed by atoms with Crippen LogP contribution in [0.1, 0.15) is 22.3 Å². The third-order valence-corrected chi connectivity index (χ3v) is 9.78. The van der Waals surface area contributed by atoms with Crippen LogP contribution in [0.4, 0.5) is 0 Å². The summed E-state index contributed by atoms with van der Waals surface area (Å²) in [7, 11) is 0. The molecule has 1 aromatic heterocycles. The highest BCUT2D eigenvalue weighted by atomic mass is 32.1. The number of thiophene rings is 1. The fraction of sp³-hybridized carbons (Fsp3) is 0.0270. The van der Waals surface area contributed by atoms with E-state index in [1.54, 1.807) is 0 Å². The van der Waals surface area contributed by atoms with Crippen LogP contribution in [0, 0.1) is 0 Å². The number of rotatable bonds is 1. The molecule has 1 aliphatic heterocycles. The van der Waals surface area contributed by atoms with Gasteiger partial charge in [0.05, 0.1) is 5.41 Å². The Labute approximate surface area is 230 Å². The van der Waals surface area contributed by atoms with E-state index in [0.29, 0.717) is 0 Å². The van der Waals surface area contributed by atoms with Gasteiger partial charge in [-0.2, -0.15) is 0 Å². The molecule has 6 aromatic carbocycles. The Bertz CT molecular complexity index is 2070. The van der Waals surface area contributed by atoms with Gasteiger partial charge in [-0.1, -0.05) is 115 Å². The first-order valence-corrected chi connectivity index (χ1v) is 14.2. The van der Waals surface area contributed by atoms with Gasteiger partial charge in [0, 0.05) is 31.3 Å². The molecule has 9 rings (SSSR count). The van der Waals surface area contributed by atoms with E-state index in [0.717, 1.165) is 11.5 Å². The van der Waals surface area contributed by atoms with Crippen molar-refractivity contribution in [1.82, 2.24) is 0 Å². The molecule has 1 aliphatic carbocycles. The van der Waals surface area contributed by atoms with Gasteiger partial charge in [0.15, 0.2) is 0 Å². The molecular weight excluding hydrogens is 492 g/mol. The molecule has 0 N–H and O–H groups in total. The fourth-order valence-corrected chi connectivity index (χ4v) is 8.24. The summed E-state index contributed by atoms with van der Waals surface area (Å²) >= 11 is 1.87. The summed E-state index contributed by atoms with van der Waals surface area (Å²) in [5, 5.41) is 2.63. The summed E-state index contributed by atoms with van der Waals surface area (Å²) in [4.78, 5) is 0. The van der Waals surface area contributed by atoms with Gasteiger partial charge in [-0.25, -0.2) is 0 Å². The number of hydrogen-bond donors (Lipinski definition) is 0. The highest BCUT2D eigenvalue weighted by molar-refractivity contribution is 7.26. The molecule has 0 fully saturated rings. The highest BCUT2D eigenvalue weighted by Crippen LogP contribution is 2.62. The van der Waals surface area contributed by atoms with Gasteiger partial charge in [0.1, 0.15) is 11.5 Å². The number of fused-ring (bicyclic) bond motifs is 12. The SMILES string of the molecule is c1ccc2c(c1)Oc1cc(-c3cccc4c3sc3ccccc34)ccc1C21c2ccccc2-c2ccccc21. The Hall–Kier alpha value is -4.66. The van der Waals surface area contributed by atoms with Gasteiger partial charge in [-0.05, 0) is 51.6 Å². The van der Waals surface area contributed by atoms with Crippen LogP contribution in [-0.4, -0.2) is 0 Å². The van der Waals surface area contributed by atoms with Crippen LogP contribution in [-0.2, 0) is 5.41 Å². The van der Waals surface area contributed by atoms with Crippen LogP contribution in [0.5, 0.6) is 11.5 Å². The van der Waals surface area contributed by atoms with Crippen molar-refractivity contribution in [3.8, 4) is 33.8 Å². The molecule has 39 heavy (non-hydrogen) atoms. The molecule has 0 radical (unpaired) electrons. The Morgan fingerprint density at radius 3 is 1.90 bits per heavy atom. The predicted molar refractivity (Wildman–Crippen MR) is 162 cm³/mol. The molecule has 182 valence electrons. The van der Waals surface area contributed by atoms with Gasteiger partial charge in [0.25, 0.3) is 0 Å². The third kappa shape index (κ3) is 2.69. The van der Waals surface area contributed by atoms with E-state index >= 15 is 0 Å². The minimum Gasteiger partial charge on any atom is -0.457 e. The molecule has 7 aromatic rings. The molecule has 0 unspecified atom stereocenters. The normalized spacial score (nSPS) is 14.1. The first kappa shape index (κ1) is 21.3. The van der Waals surface area contributed by atoms with E-state index < -0.39 is 5.41 Å². The van der Waals surface area contributed by atoms with Crippen molar-refractivity contribution in [3.63, 3.8) is 0 Å². The van der Waals surface area contributed by atoms with Crippen LogP contribution in [0.3, 0.4) is 0 Å². The van der Waals surface area contributed by atoms with E-state index in [2.05, 4.69) is 133 Å². The van der Waals surface area contributed by atoms with E-state index in [1.807, 2.05) is 11.3 Å². The summed E-state index contributed by atoms with van der Waals surface area (Å²) in [6.07, 6.45) is 0. The first-order chi connectivity index (χ1) is 19.3. The van der Waals surface area contributed by atoms with Crippen LogP contribution < -0.4 is 4.74 Å². The minimum atomic E-state index is -0.417. The molecule has 2 aliphatic rings. The van der Waals surface area contributed by atoms with Crippen molar-refractivity contribution < 1.29 is 4.74 Å². The average Bonchev–Trinajstić information content (AvgIpc) is 3.52. The third-order valence-electron chi connectivity index (χ3n) is 8.56. The summed E-state index contributed by atoms with van der Waals surface area (Å²) in [6.45, 7) is 0. The summed E-state index contributed by atoms with van der Waals surface area (Å²) < 4.78 is 9.37. The maximum atomic E-state index is 6.73. The van der Waals surface area contributed by atoms with Crippen molar-refractivity contribution >= 4 is 31.5 Å². The van der Waals surface area contributed by atoms with Gasteiger partial charge >= 0.3 is 0 Å². The maximum Gasteiger partial charge on any atom is 0.132 e. The average molecular weight is 515 g/mol. The second-order valence-electron chi connectivity index (χ2n) is 10.4. The Balaban J connectivity index is 1.34. The van der Waals surface area contributed by atoms with Gasteiger partial charge in [0.2, 0.25) is 0 Å². The maximum absolute atomic E-state index is 6.73. The summed E-state index contributed by atoms with van der Waals surface area (Å²) in [5.74, 6) is 1.85. The minimum absolute atomic E-state index is 0.417. The predicted octanol–water partition coefficient (Wildman–Crippen LogP) is 10.2. The molecule has 0 saturated carbocycles. The first-order valence-electron chi connectivity index (χ1n) is 13.4. The van der Waals surface area contributed by atoms with Gasteiger partial charge in [-0.15, -0.1) is 11.3 Å². The largest absolute Gasteiger partial charge is 0.457 e. The van der Waals surface area contributed by atoms with Gasteiger partial charge < -0.3 is 4.74 Å². The van der Waals surface area contributed by atoms with Crippen molar-refractivity contribution in [2.75, 3.05) is 0 Å². The van der Waals surface area contributed by atoms with Crippen molar-refractivity contribution in [1.29, 1.82) is 0 Å². The van der Waals surface area contributed by atoms with Crippen molar-refractivity contribution in [2.24, 2.45) is 0 Å². The van der Waals surface area contributed by atoms with Crippen LogP contribution in [0.25, 0.3) is 42.4 Å². The molecule has 1 spiro atoms. The van der Waals surface area contributed by atoms with Crippen molar-refractivity contribution in [3.05, 3.63) is 156 Å². The molecular formula is C37H22OS. The van der Waals surface area contributed by atoms with Crippen LogP contribution in [0.15, 0.2) is 133 Å². The van der Waals surface area contributed by atoms with E-state index in [-0.39, 0.29) is 0 Å². The van der Waals surface area contributed by atoms with Gasteiger partial charge in [-0.3, -0.25) is 0 Å². The van der Waals surface area contributed by atoms with Crippen LogP contribution >= 0.6 is 11.3 Å². The zero-order valence-corrected chi connectivity index (χ0v) is 21.8. The number of para-hydroxylation sites is 1. The van der Waals surface area contributed by atoms with Crippen LogP contribution in [0.2, 0.25) is 0 Å². The molecule has 0 amide bonds. The molecule has 1 nitrogen and oxygen atoms in total. The molecule has 0 saturated heterocycles. The summed E-state index contributed by atoms with van der Waals surface area (Å²) in [5.41, 5.74) is 9.66.